The van der Waals surface area contributed by atoms with Gasteiger partial charge in [0.1, 0.15) is 11.9 Å². The standard InChI is InChI=1S/C19H32N2O2/c1-7-19(5,6)13-22-15-8-9-20-17(12-15)23-16-10-14(11-16)21-18(2,3)4/h8-9,12,14,16,21H,7,10-11,13H2,1-6H3/t14-,16+. The zero-order valence-corrected chi connectivity index (χ0v) is 15.5. The van der Waals surface area contributed by atoms with E-state index in [0.29, 0.717) is 18.5 Å². The molecule has 1 fully saturated rings. The van der Waals surface area contributed by atoms with Crippen LogP contribution in [0.2, 0.25) is 0 Å². The van der Waals surface area contributed by atoms with Crippen molar-refractivity contribution in [1.82, 2.24) is 10.3 Å². The lowest BCUT2D eigenvalue weighted by molar-refractivity contribution is 0.0689. The van der Waals surface area contributed by atoms with Crippen molar-refractivity contribution >= 4 is 0 Å². The number of nitrogens with zero attached hydrogens (tertiary/aromatic N) is 1. The third-order valence-corrected chi connectivity index (χ3v) is 4.31. The third kappa shape index (κ3) is 6.02. The molecule has 0 spiro atoms. The molecular weight excluding hydrogens is 288 g/mol. The molecule has 0 saturated heterocycles. The van der Waals surface area contributed by atoms with Gasteiger partial charge in [0.25, 0.3) is 0 Å². The fourth-order valence-electron chi connectivity index (χ4n) is 2.49. The summed E-state index contributed by atoms with van der Waals surface area (Å²) in [5.74, 6) is 1.50. The molecule has 4 heteroatoms. The summed E-state index contributed by atoms with van der Waals surface area (Å²) in [5, 5.41) is 3.60. The highest BCUT2D eigenvalue weighted by Gasteiger charge is 2.33. The van der Waals surface area contributed by atoms with E-state index in [9.17, 15) is 0 Å². The van der Waals surface area contributed by atoms with Gasteiger partial charge >= 0.3 is 0 Å². The van der Waals surface area contributed by atoms with E-state index in [4.69, 9.17) is 9.47 Å². The van der Waals surface area contributed by atoms with E-state index >= 15 is 0 Å². The topological polar surface area (TPSA) is 43.4 Å². The molecule has 130 valence electrons. The summed E-state index contributed by atoms with van der Waals surface area (Å²) in [6, 6.07) is 4.34. The molecule has 1 aliphatic rings. The summed E-state index contributed by atoms with van der Waals surface area (Å²) in [6.07, 6.45) is 5.17. The Morgan fingerprint density at radius 2 is 1.91 bits per heavy atom. The monoisotopic (exact) mass is 320 g/mol. The van der Waals surface area contributed by atoms with Crippen LogP contribution in [0.25, 0.3) is 0 Å². The first-order chi connectivity index (χ1) is 10.7. The molecule has 23 heavy (non-hydrogen) atoms. The van der Waals surface area contributed by atoms with Crippen molar-refractivity contribution < 1.29 is 9.47 Å². The lowest BCUT2D eigenvalue weighted by Gasteiger charge is -2.39. The molecule has 1 heterocycles. The van der Waals surface area contributed by atoms with Crippen LogP contribution in [0.5, 0.6) is 11.6 Å². The Labute approximate surface area is 141 Å². The van der Waals surface area contributed by atoms with E-state index in [1.165, 1.54) is 0 Å². The van der Waals surface area contributed by atoms with Gasteiger partial charge in [0.15, 0.2) is 0 Å². The predicted molar refractivity (Wildman–Crippen MR) is 94.1 cm³/mol. The van der Waals surface area contributed by atoms with Crippen LogP contribution in [-0.2, 0) is 0 Å². The first kappa shape index (κ1) is 18.1. The molecule has 2 rings (SSSR count). The van der Waals surface area contributed by atoms with Crippen LogP contribution in [0.1, 0.15) is 60.8 Å². The first-order valence-electron chi connectivity index (χ1n) is 8.70. The molecule has 1 saturated carbocycles. The third-order valence-electron chi connectivity index (χ3n) is 4.31. The molecule has 0 aromatic carbocycles. The maximum atomic E-state index is 5.96. The lowest BCUT2D eigenvalue weighted by atomic mass is 9.87. The summed E-state index contributed by atoms with van der Waals surface area (Å²) in [6.45, 7) is 13.9. The number of hydrogen-bond acceptors (Lipinski definition) is 4. The van der Waals surface area contributed by atoms with E-state index in [1.54, 1.807) is 6.20 Å². The van der Waals surface area contributed by atoms with Crippen molar-refractivity contribution in [1.29, 1.82) is 0 Å². The average molecular weight is 320 g/mol. The van der Waals surface area contributed by atoms with E-state index in [0.717, 1.165) is 25.0 Å². The summed E-state index contributed by atoms with van der Waals surface area (Å²) >= 11 is 0. The fourth-order valence-corrected chi connectivity index (χ4v) is 2.49. The number of ether oxygens (including phenoxy) is 2. The molecule has 1 aromatic heterocycles. The average Bonchev–Trinajstić information content (AvgIpc) is 2.42. The normalized spacial score (nSPS) is 21.7. The van der Waals surface area contributed by atoms with E-state index in [1.807, 2.05) is 12.1 Å². The molecular formula is C19H32N2O2. The van der Waals surface area contributed by atoms with Gasteiger partial charge in [-0.25, -0.2) is 4.98 Å². The van der Waals surface area contributed by atoms with Gasteiger partial charge in [-0.05, 0) is 51.5 Å². The summed E-state index contributed by atoms with van der Waals surface area (Å²) in [4.78, 5) is 4.30. The van der Waals surface area contributed by atoms with Crippen LogP contribution >= 0.6 is 0 Å². The van der Waals surface area contributed by atoms with Crippen LogP contribution < -0.4 is 14.8 Å². The highest BCUT2D eigenvalue weighted by molar-refractivity contribution is 5.26. The Morgan fingerprint density at radius 3 is 2.52 bits per heavy atom. The Hall–Kier alpha value is -1.29. The Morgan fingerprint density at radius 1 is 1.22 bits per heavy atom. The lowest BCUT2D eigenvalue weighted by Crippen LogP contribution is -2.53. The first-order valence-corrected chi connectivity index (χ1v) is 8.70. The highest BCUT2D eigenvalue weighted by atomic mass is 16.5. The molecule has 0 unspecified atom stereocenters. The van der Waals surface area contributed by atoms with Crippen LogP contribution in [0.4, 0.5) is 0 Å². The van der Waals surface area contributed by atoms with E-state index in [2.05, 4.69) is 51.8 Å². The fraction of sp³-hybridized carbons (Fsp3) is 0.737. The Balaban J connectivity index is 1.80. The predicted octanol–water partition coefficient (Wildman–Crippen LogP) is 4.19. The molecule has 4 nitrogen and oxygen atoms in total. The van der Waals surface area contributed by atoms with Crippen LogP contribution in [0.3, 0.4) is 0 Å². The van der Waals surface area contributed by atoms with Crippen LogP contribution in [-0.4, -0.2) is 29.3 Å². The molecule has 1 aliphatic carbocycles. The van der Waals surface area contributed by atoms with Crippen molar-refractivity contribution in [3.63, 3.8) is 0 Å². The summed E-state index contributed by atoms with van der Waals surface area (Å²) in [7, 11) is 0. The van der Waals surface area contributed by atoms with Gasteiger partial charge < -0.3 is 14.8 Å². The molecule has 0 radical (unpaired) electrons. The van der Waals surface area contributed by atoms with Gasteiger partial charge in [-0.3, -0.25) is 0 Å². The largest absolute Gasteiger partial charge is 0.493 e. The Bertz CT molecular complexity index is 502. The SMILES string of the molecule is CCC(C)(C)COc1ccnc(O[C@H]2C[C@@H](NC(C)(C)C)C2)c1. The number of nitrogens with one attached hydrogen (secondary N) is 1. The minimum absolute atomic E-state index is 0.160. The number of aromatic nitrogens is 1. The summed E-state index contributed by atoms with van der Waals surface area (Å²) < 4.78 is 11.9. The number of pyridine rings is 1. The van der Waals surface area contributed by atoms with Crippen LogP contribution in [0, 0.1) is 5.41 Å². The van der Waals surface area contributed by atoms with Crippen molar-refractivity contribution in [2.45, 2.75) is 78.5 Å². The van der Waals surface area contributed by atoms with Crippen molar-refractivity contribution in [3.05, 3.63) is 18.3 Å². The molecule has 1 aromatic rings. The zero-order chi connectivity index (χ0) is 17.1. The number of hydrogen-bond donors (Lipinski definition) is 1. The maximum absolute atomic E-state index is 5.96. The van der Waals surface area contributed by atoms with Crippen molar-refractivity contribution in [2.75, 3.05) is 6.61 Å². The minimum atomic E-state index is 0.160. The van der Waals surface area contributed by atoms with E-state index < -0.39 is 0 Å². The van der Waals surface area contributed by atoms with Crippen molar-refractivity contribution in [3.8, 4) is 11.6 Å². The van der Waals surface area contributed by atoms with Crippen LogP contribution in [0.15, 0.2) is 18.3 Å². The van der Waals surface area contributed by atoms with Gasteiger partial charge in [0, 0.05) is 23.8 Å². The maximum Gasteiger partial charge on any atom is 0.217 e. The second kappa shape index (κ2) is 7.08. The molecule has 0 atom stereocenters. The minimum Gasteiger partial charge on any atom is -0.493 e. The second-order valence-electron chi connectivity index (χ2n) is 8.44. The summed E-state index contributed by atoms with van der Waals surface area (Å²) in [5.41, 5.74) is 0.345. The zero-order valence-electron chi connectivity index (χ0n) is 15.5. The molecule has 0 amide bonds. The highest BCUT2D eigenvalue weighted by Crippen LogP contribution is 2.28. The smallest absolute Gasteiger partial charge is 0.217 e. The Kier molecular flexibility index (Phi) is 5.56. The van der Waals surface area contributed by atoms with E-state index in [-0.39, 0.29) is 17.1 Å². The molecule has 1 N–H and O–H groups in total. The van der Waals surface area contributed by atoms with Gasteiger partial charge in [-0.1, -0.05) is 20.8 Å². The van der Waals surface area contributed by atoms with Gasteiger partial charge in [-0.15, -0.1) is 0 Å². The molecule has 0 bridgehead atoms. The second-order valence-corrected chi connectivity index (χ2v) is 8.44. The molecule has 0 aliphatic heterocycles. The van der Waals surface area contributed by atoms with Gasteiger partial charge in [0.2, 0.25) is 5.88 Å². The van der Waals surface area contributed by atoms with Gasteiger partial charge in [0.05, 0.1) is 6.61 Å². The van der Waals surface area contributed by atoms with Crippen molar-refractivity contribution in [2.24, 2.45) is 5.41 Å². The quantitative estimate of drug-likeness (QED) is 0.818. The van der Waals surface area contributed by atoms with Gasteiger partial charge in [-0.2, -0.15) is 0 Å². The number of rotatable bonds is 7.